The molecule has 0 aliphatic carbocycles. The predicted octanol–water partition coefficient (Wildman–Crippen LogP) is 2.85. The number of para-hydroxylation sites is 2. The maximum atomic E-state index is 9.52. The van der Waals surface area contributed by atoms with Crippen molar-refractivity contribution in [2.75, 3.05) is 32.9 Å². The molecule has 0 heterocycles. The van der Waals surface area contributed by atoms with E-state index < -0.39 is 0 Å². The van der Waals surface area contributed by atoms with Crippen LogP contribution in [0.2, 0.25) is 0 Å². The summed E-state index contributed by atoms with van der Waals surface area (Å²) in [5.41, 5.74) is -0.0107. The molecule has 0 radical (unpaired) electrons. The molecule has 0 fully saturated rings. The van der Waals surface area contributed by atoms with Crippen molar-refractivity contribution in [1.82, 2.24) is 5.32 Å². The zero-order chi connectivity index (χ0) is 15.6. The zero-order valence-corrected chi connectivity index (χ0v) is 13.5. The molecule has 1 aromatic rings. The van der Waals surface area contributed by atoms with Crippen LogP contribution in [0.4, 0.5) is 0 Å². The van der Waals surface area contributed by atoms with Crippen LogP contribution in [0.5, 0.6) is 11.5 Å². The van der Waals surface area contributed by atoms with Crippen LogP contribution in [0.15, 0.2) is 24.3 Å². The highest BCUT2D eigenvalue weighted by Crippen LogP contribution is 2.26. The Balaban J connectivity index is 2.34. The largest absolute Gasteiger partial charge is 0.490 e. The van der Waals surface area contributed by atoms with E-state index in [1.54, 1.807) is 0 Å². The molecule has 0 saturated heterocycles. The summed E-state index contributed by atoms with van der Waals surface area (Å²) in [5, 5.41) is 12.9. The summed E-state index contributed by atoms with van der Waals surface area (Å²) in [4.78, 5) is 0. The van der Waals surface area contributed by atoms with Gasteiger partial charge in [0.25, 0.3) is 0 Å². The van der Waals surface area contributed by atoms with Crippen molar-refractivity contribution < 1.29 is 14.6 Å². The summed E-state index contributed by atoms with van der Waals surface area (Å²) < 4.78 is 11.3. The minimum atomic E-state index is -0.0107. The van der Waals surface area contributed by atoms with Gasteiger partial charge in [-0.3, -0.25) is 0 Å². The topological polar surface area (TPSA) is 50.7 Å². The van der Waals surface area contributed by atoms with Crippen LogP contribution in [0, 0.1) is 5.41 Å². The van der Waals surface area contributed by atoms with Crippen LogP contribution in [0.3, 0.4) is 0 Å². The first kappa shape index (κ1) is 17.8. The van der Waals surface area contributed by atoms with Gasteiger partial charge in [-0.2, -0.15) is 0 Å². The molecule has 120 valence electrons. The molecule has 0 saturated carbocycles. The van der Waals surface area contributed by atoms with E-state index in [1.165, 1.54) is 0 Å². The van der Waals surface area contributed by atoms with E-state index in [0.717, 1.165) is 37.4 Å². The van der Waals surface area contributed by atoms with Gasteiger partial charge in [0.2, 0.25) is 0 Å². The highest BCUT2D eigenvalue weighted by molar-refractivity contribution is 5.39. The van der Waals surface area contributed by atoms with Gasteiger partial charge in [0.15, 0.2) is 11.5 Å². The molecule has 0 amide bonds. The molecule has 4 heteroatoms. The summed E-state index contributed by atoms with van der Waals surface area (Å²) in [6.45, 7) is 9.20. The molecule has 0 unspecified atom stereocenters. The average molecular weight is 295 g/mol. The zero-order valence-electron chi connectivity index (χ0n) is 13.5. The Morgan fingerprint density at radius 3 is 2.19 bits per heavy atom. The Kier molecular flexibility index (Phi) is 8.16. The normalized spacial score (nSPS) is 11.4. The number of benzene rings is 1. The Morgan fingerprint density at radius 1 is 1.05 bits per heavy atom. The molecule has 1 aromatic carbocycles. The highest BCUT2D eigenvalue weighted by Gasteiger charge is 2.24. The fraction of sp³-hybridized carbons (Fsp3) is 0.647. The third kappa shape index (κ3) is 5.56. The number of ether oxygens (including phenoxy) is 2. The van der Waals surface area contributed by atoms with Crippen molar-refractivity contribution >= 4 is 0 Å². The Morgan fingerprint density at radius 2 is 1.67 bits per heavy atom. The third-order valence-electron chi connectivity index (χ3n) is 4.02. The quantitative estimate of drug-likeness (QED) is 0.616. The summed E-state index contributed by atoms with van der Waals surface area (Å²) in [5.74, 6) is 1.56. The molecule has 0 aliphatic rings. The van der Waals surface area contributed by atoms with Crippen molar-refractivity contribution in [2.45, 2.75) is 33.6 Å². The van der Waals surface area contributed by atoms with E-state index in [1.807, 2.05) is 31.2 Å². The maximum Gasteiger partial charge on any atom is 0.161 e. The van der Waals surface area contributed by atoms with Gasteiger partial charge in [0.05, 0.1) is 6.61 Å². The lowest BCUT2D eigenvalue weighted by atomic mass is 9.83. The van der Waals surface area contributed by atoms with Gasteiger partial charge in [-0.15, -0.1) is 0 Å². The van der Waals surface area contributed by atoms with Crippen molar-refractivity contribution in [1.29, 1.82) is 0 Å². The summed E-state index contributed by atoms with van der Waals surface area (Å²) >= 11 is 0. The van der Waals surface area contributed by atoms with Gasteiger partial charge in [-0.05, 0) is 31.9 Å². The number of hydrogen-bond donors (Lipinski definition) is 2. The van der Waals surface area contributed by atoms with Gasteiger partial charge in [-0.25, -0.2) is 0 Å². The molecular weight excluding hydrogens is 266 g/mol. The number of aliphatic hydroxyl groups is 1. The molecule has 1 rings (SSSR count). The lowest BCUT2D eigenvalue weighted by Gasteiger charge is -2.29. The molecule has 2 N–H and O–H groups in total. The van der Waals surface area contributed by atoms with Gasteiger partial charge >= 0.3 is 0 Å². The Hall–Kier alpha value is -1.26. The van der Waals surface area contributed by atoms with Crippen LogP contribution in [0.25, 0.3) is 0 Å². The predicted molar refractivity (Wildman–Crippen MR) is 86.1 cm³/mol. The molecule has 0 aliphatic heterocycles. The molecule has 0 spiro atoms. The second-order valence-corrected chi connectivity index (χ2v) is 5.27. The second-order valence-electron chi connectivity index (χ2n) is 5.27. The standard InChI is InChI=1S/C17H29NO3/c1-4-17(5-2,14-19)13-18-11-12-21-16-10-8-7-9-15(16)20-6-3/h7-10,18-19H,4-6,11-14H2,1-3H3. The number of hydrogen-bond acceptors (Lipinski definition) is 4. The van der Waals surface area contributed by atoms with Gasteiger partial charge in [0, 0.05) is 25.1 Å². The van der Waals surface area contributed by atoms with E-state index in [9.17, 15) is 5.11 Å². The molecular formula is C17H29NO3. The Bertz CT molecular complexity index is 383. The minimum absolute atomic E-state index is 0.0107. The first-order valence-corrected chi connectivity index (χ1v) is 7.87. The molecule has 21 heavy (non-hydrogen) atoms. The van der Waals surface area contributed by atoms with Crippen molar-refractivity contribution in [2.24, 2.45) is 5.41 Å². The first-order chi connectivity index (χ1) is 10.2. The van der Waals surface area contributed by atoms with Gasteiger partial charge < -0.3 is 19.9 Å². The van der Waals surface area contributed by atoms with Crippen LogP contribution in [-0.4, -0.2) is 38.0 Å². The smallest absolute Gasteiger partial charge is 0.161 e. The van der Waals surface area contributed by atoms with Gasteiger partial charge in [0.1, 0.15) is 6.61 Å². The summed E-state index contributed by atoms with van der Waals surface area (Å²) in [6, 6.07) is 7.71. The summed E-state index contributed by atoms with van der Waals surface area (Å²) in [6.07, 6.45) is 1.95. The molecule has 0 aromatic heterocycles. The molecule has 4 nitrogen and oxygen atoms in total. The highest BCUT2D eigenvalue weighted by atomic mass is 16.5. The second kappa shape index (κ2) is 9.64. The number of nitrogens with one attached hydrogen (secondary N) is 1. The lowest BCUT2D eigenvalue weighted by molar-refractivity contribution is 0.112. The van der Waals surface area contributed by atoms with Gasteiger partial charge in [-0.1, -0.05) is 26.0 Å². The van der Waals surface area contributed by atoms with Crippen molar-refractivity contribution in [3.05, 3.63) is 24.3 Å². The molecule has 0 atom stereocenters. The fourth-order valence-electron chi connectivity index (χ4n) is 2.21. The van der Waals surface area contributed by atoms with E-state index >= 15 is 0 Å². The van der Waals surface area contributed by atoms with Crippen LogP contribution >= 0.6 is 0 Å². The van der Waals surface area contributed by atoms with E-state index in [-0.39, 0.29) is 12.0 Å². The third-order valence-corrected chi connectivity index (χ3v) is 4.02. The van der Waals surface area contributed by atoms with Crippen molar-refractivity contribution in [3.63, 3.8) is 0 Å². The lowest BCUT2D eigenvalue weighted by Crippen LogP contribution is -2.38. The van der Waals surface area contributed by atoms with Crippen LogP contribution < -0.4 is 14.8 Å². The van der Waals surface area contributed by atoms with Crippen LogP contribution in [-0.2, 0) is 0 Å². The Labute approximate surface area is 128 Å². The maximum absolute atomic E-state index is 9.52. The fourth-order valence-corrected chi connectivity index (χ4v) is 2.21. The monoisotopic (exact) mass is 295 g/mol. The van der Waals surface area contributed by atoms with E-state index in [4.69, 9.17) is 9.47 Å². The van der Waals surface area contributed by atoms with Crippen LogP contribution in [0.1, 0.15) is 33.6 Å². The SMILES string of the molecule is CCOc1ccccc1OCCNCC(CC)(CC)CO. The number of rotatable bonds is 11. The average Bonchev–Trinajstić information content (AvgIpc) is 2.53. The van der Waals surface area contributed by atoms with Crippen molar-refractivity contribution in [3.8, 4) is 11.5 Å². The number of aliphatic hydroxyl groups excluding tert-OH is 1. The van der Waals surface area contributed by atoms with E-state index in [2.05, 4.69) is 19.2 Å². The molecule has 0 bridgehead atoms. The van der Waals surface area contributed by atoms with E-state index in [0.29, 0.717) is 13.2 Å². The minimum Gasteiger partial charge on any atom is -0.490 e. The first-order valence-electron chi connectivity index (χ1n) is 7.87. The summed E-state index contributed by atoms with van der Waals surface area (Å²) in [7, 11) is 0.